The Labute approximate surface area is 163 Å². The predicted molar refractivity (Wildman–Crippen MR) is 107 cm³/mol. The number of quaternary nitrogens is 1. The molecule has 3 N–H and O–H groups in total. The lowest BCUT2D eigenvalue weighted by molar-refractivity contribution is -0.901. The van der Waals surface area contributed by atoms with Gasteiger partial charge >= 0.3 is 5.69 Å². The fourth-order valence-electron chi connectivity index (χ4n) is 3.30. The van der Waals surface area contributed by atoms with Crippen molar-refractivity contribution in [1.82, 2.24) is 14.8 Å². The predicted octanol–water partition coefficient (Wildman–Crippen LogP) is 1.28. The maximum atomic E-state index is 12.2. The number of nitrogens with zero attached hydrogens (tertiary/aromatic N) is 2. The van der Waals surface area contributed by atoms with E-state index in [2.05, 4.69) is 34.6 Å². The van der Waals surface area contributed by atoms with Crippen LogP contribution in [0.5, 0.6) is 0 Å². The number of aromatic amines is 1. The number of H-pyrrole nitrogens is 1. The summed E-state index contributed by atoms with van der Waals surface area (Å²) in [5.41, 5.74) is 1.88. The second-order valence-electron chi connectivity index (χ2n) is 6.98. The van der Waals surface area contributed by atoms with Crippen molar-refractivity contribution in [1.29, 1.82) is 0 Å². The summed E-state index contributed by atoms with van der Waals surface area (Å²) in [5.74, 6) is 0.117. The normalized spacial score (nSPS) is 14.6. The Balaban J connectivity index is 1.48. The monoisotopic (exact) mass is 390 g/mol. The molecule has 0 bridgehead atoms. The molecule has 1 saturated heterocycles. The summed E-state index contributed by atoms with van der Waals surface area (Å²) in [6, 6.07) is 8.09. The van der Waals surface area contributed by atoms with Gasteiger partial charge in [0.1, 0.15) is 6.54 Å². The minimum absolute atomic E-state index is 0.101. The lowest BCUT2D eigenvalue weighted by Crippen LogP contribution is -3.08. The van der Waals surface area contributed by atoms with E-state index < -0.39 is 0 Å². The van der Waals surface area contributed by atoms with Crippen molar-refractivity contribution in [2.45, 2.75) is 50.9 Å². The van der Waals surface area contributed by atoms with Crippen molar-refractivity contribution in [3.63, 3.8) is 0 Å². The van der Waals surface area contributed by atoms with Gasteiger partial charge in [-0.05, 0) is 18.6 Å². The minimum Gasteiger partial charge on any atom is -0.331 e. The second kappa shape index (κ2) is 9.75. The summed E-state index contributed by atoms with van der Waals surface area (Å²) in [4.78, 5) is 25.6. The smallest absolute Gasteiger partial charge is 0.331 e. The highest BCUT2D eigenvalue weighted by molar-refractivity contribution is 7.99. The van der Waals surface area contributed by atoms with Crippen LogP contribution in [0.25, 0.3) is 0 Å². The molecular formula is C19H28N5O2S+. The molecule has 0 unspecified atom stereocenters. The van der Waals surface area contributed by atoms with Crippen molar-refractivity contribution in [2.75, 3.05) is 24.2 Å². The number of hydrogen-bond donors (Lipinski definition) is 3. The van der Waals surface area contributed by atoms with Crippen LogP contribution in [0.2, 0.25) is 0 Å². The van der Waals surface area contributed by atoms with Crippen molar-refractivity contribution >= 4 is 23.4 Å². The van der Waals surface area contributed by atoms with E-state index in [1.165, 1.54) is 43.3 Å². The fraction of sp³-hybridized carbons (Fsp3) is 0.526. The van der Waals surface area contributed by atoms with Crippen molar-refractivity contribution < 1.29 is 9.69 Å². The molecule has 2 aromatic rings. The number of thioether (sulfide) groups is 1. The molecule has 7 nitrogen and oxygen atoms in total. The topological polar surface area (TPSA) is 84.2 Å². The molecule has 2 heterocycles. The van der Waals surface area contributed by atoms with Crippen LogP contribution in [-0.4, -0.2) is 39.5 Å². The number of anilines is 1. The summed E-state index contributed by atoms with van der Waals surface area (Å²) < 4.78 is 1.59. The Morgan fingerprint density at radius 3 is 2.74 bits per heavy atom. The number of unbranched alkanes of at least 4 members (excludes halogenated alkanes) is 1. The molecule has 0 aliphatic carbocycles. The van der Waals surface area contributed by atoms with Gasteiger partial charge in [0, 0.05) is 30.6 Å². The van der Waals surface area contributed by atoms with Gasteiger partial charge in [-0.25, -0.2) is 9.89 Å². The van der Waals surface area contributed by atoms with Crippen LogP contribution in [-0.2, 0) is 17.9 Å². The maximum absolute atomic E-state index is 12.2. The Morgan fingerprint density at radius 2 is 2.04 bits per heavy atom. The van der Waals surface area contributed by atoms with E-state index in [1.54, 1.807) is 9.47 Å². The Kier molecular flexibility index (Phi) is 7.11. The number of nitrogens with one attached hydrogen (secondary N) is 3. The number of hydrogen-bond acceptors (Lipinski definition) is 4. The zero-order chi connectivity index (χ0) is 19.1. The SMILES string of the molecule is CCCCn1c(SCC(=O)Nc2ccc(C[NH+]3CCCC3)cc2)n[nH]c1=O. The van der Waals surface area contributed by atoms with Gasteiger partial charge in [0.2, 0.25) is 5.91 Å². The summed E-state index contributed by atoms with van der Waals surface area (Å²) in [6.45, 7) is 6.26. The van der Waals surface area contributed by atoms with Crippen LogP contribution in [0.1, 0.15) is 38.2 Å². The molecule has 1 aromatic carbocycles. The molecule has 0 spiro atoms. The number of likely N-dealkylation sites (tertiary alicyclic amines) is 1. The summed E-state index contributed by atoms with van der Waals surface area (Å²) >= 11 is 1.28. The first-order valence-corrected chi connectivity index (χ1v) is 10.6. The molecule has 27 heavy (non-hydrogen) atoms. The van der Waals surface area contributed by atoms with Crippen LogP contribution in [0.4, 0.5) is 5.69 Å². The number of carbonyl (C=O) groups is 1. The summed E-state index contributed by atoms with van der Waals surface area (Å²) in [7, 11) is 0. The van der Waals surface area contributed by atoms with Crippen LogP contribution in [0, 0.1) is 0 Å². The average molecular weight is 391 g/mol. The van der Waals surface area contributed by atoms with Gasteiger partial charge in [-0.1, -0.05) is 37.2 Å². The van der Waals surface area contributed by atoms with Gasteiger partial charge in [-0.3, -0.25) is 9.36 Å². The first-order valence-electron chi connectivity index (χ1n) is 9.66. The zero-order valence-corrected chi connectivity index (χ0v) is 16.6. The Hall–Kier alpha value is -2.06. The lowest BCUT2D eigenvalue weighted by atomic mass is 10.2. The van der Waals surface area contributed by atoms with Crippen molar-refractivity contribution in [3.05, 3.63) is 40.3 Å². The molecule has 146 valence electrons. The van der Waals surface area contributed by atoms with Gasteiger partial charge in [-0.2, -0.15) is 0 Å². The molecule has 0 saturated carbocycles. The second-order valence-corrected chi connectivity index (χ2v) is 7.93. The highest BCUT2D eigenvalue weighted by Crippen LogP contribution is 2.15. The molecular weight excluding hydrogens is 362 g/mol. The first-order chi connectivity index (χ1) is 13.2. The Morgan fingerprint density at radius 1 is 1.30 bits per heavy atom. The molecule has 1 amide bonds. The summed E-state index contributed by atoms with van der Waals surface area (Å²) in [5, 5.41) is 9.95. The van der Waals surface area contributed by atoms with E-state index in [0.717, 1.165) is 25.1 Å². The number of amides is 1. The molecule has 8 heteroatoms. The van der Waals surface area contributed by atoms with Gasteiger partial charge in [0.15, 0.2) is 5.16 Å². The van der Waals surface area contributed by atoms with E-state index in [4.69, 9.17) is 0 Å². The minimum atomic E-state index is -0.220. The molecule has 1 aromatic heterocycles. The maximum Gasteiger partial charge on any atom is 0.343 e. The third-order valence-electron chi connectivity index (χ3n) is 4.79. The van der Waals surface area contributed by atoms with Crippen LogP contribution in [0.15, 0.2) is 34.2 Å². The lowest BCUT2D eigenvalue weighted by Gasteiger charge is -2.12. The van der Waals surface area contributed by atoms with E-state index in [-0.39, 0.29) is 17.3 Å². The number of carbonyl (C=O) groups excluding carboxylic acids is 1. The highest BCUT2D eigenvalue weighted by atomic mass is 32.2. The first kappa shape index (κ1) is 19.7. The van der Waals surface area contributed by atoms with E-state index >= 15 is 0 Å². The molecule has 1 aliphatic rings. The largest absolute Gasteiger partial charge is 0.343 e. The third-order valence-corrected chi connectivity index (χ3v) is 5.77. The quantitative estimate of drug-likeness (QED) is 0.563. The zero-order valence-electron chi connectivity index (χ0n) is 15.8. The van der Waals surface area contributed by atoms with Crippen LogP contribution >= 0.6 is 11.8 Å². The van der Waals surface area contributed by atoms with Crippen LogP contribution < -0.4 is 15.9 Å². The van der Waals surface area contributed by atoms with Gasteiger partial charge < -0.3 is 10.2 Å². The van der Waals surface area contributed by atoms with Crippen molar-refractivity contribution in [3.8, 4) is 0 Å². The van der Waals surface area contributed by atoms with Crippen molar-refractivity contribution in [2.24, 2.45) is 0 Å². The number of rotatable bonds is 9. The standard InChI is InChI=1S/C19H27N5O2S/c1-2-3-12-24-18(26)21-22-19(24)27-14-17(25)20-16-8-6-15(7-9-16)13-23-10-4-5-11-23/h6-9H,2-5,10-14H2,1H3,(H,20,25)(H,21,26)/p+1. The molecule has 0 radical (unpaired) electrons. The van der Waals surface area contributed by atoms with Gasteiger partial charge in [-0.15, -0.1) is 5.10 Å². The molecule has 0 atom stereocenters. The van der Waals surface area contributed by atoms with Crippen LogP contribution in [0.3, 0.4) is 0 Å². The summed E-state index contributed by atoms with van der Waals surface area (Å²) in [6.07, 6.45) is 4.55. The fourth-order valence-corrected chi connectivity index (χ4v) is 4.07. The molecule has 1 fully saturated rings. The number of aromatic nitrogens is 3. The van der Waals surface area contributed by atoms with E-state index in [9.17, 15) is 9.59 Å². The number of benzene rings is 1. The third kappa shape index (κ3) is 5.71. The highest BCUT2D eigenvalue weighted by Gasteiger charge is 2.15. The van der Waals surface area contributed by atoms with E-state index in [0.29, 0.717) is 11.7 Å². The molecule has 3 rings (SSSR count). The van der Waals surface area contributed by atoms with Gasteiger partial charge in [0.05, 0.1) is 18.8 Å². The Bertz CT molecular complexity index is 793. The average Bonchev–Trinajstić information content (AvgIpc) is 3.30. The van der Waals surface area contributed by atoms with Gasteiger partial charge in [0.25, 0.3) is 0 Å². The van der Waals surface area contributed by atoms with E-state index in [1.807, 2.05) is 12.1 Å². The molecule has 1 aliphatic heterocycles.